The van der Waals surface area contributed by atoms with Gasteiger partial charge in [0, 0.05) is 16.1 Å². The summed E-state index contributed by atoms with van der Waals surface area (Å²) >= 11 is 5.74. The van der Waals surface area contributed by atoms with E-state index >= 15 is 0 Å². The van der Waals surface area contributed by atoms with Gasteiger partial charge in [-0.25, -0.2) is 4.79 Å². The van der Waals surface area contributed by atoms with Crippen LogP contribution < -0.4 is 0 Å². The van der Waals surface area contributed by atoms with Gasteiger partial charge < -0.3 is 4.74 Å². The van der Waals surface area contributed by atoms with Crippen LogP contribution in [0.15, 0.2) is 48.5 Å². The predicted molar refractivity (Wildman–Crippen MR) is 82.5 cm³/mol. The molecule has 22 heavy (non-hydrogen) atoms. The Kier molecular flexibility index (Phi) is 5.07. The third-order valence-electron chi connectivity index (χ3n) is 3.03. The summed E-state index contributed by atoms with van der Waals surface area (Å²) in [7, 11) is 0. The first-order valence-electron chi connectivity index (χ1n) is 6.55. The number of Topliss-reactive ketones (excluding diaryl/α,β-unsaturated/α-hetero) is 2. The second-order valence-corrected chi connectivity index (χ2v) is 5.04. The van der Waals surface area contributed by atoms with E-state index < -0.39 is 12.6 Å². The van der Waals surface area contributed by atoms with Gasteiger partial charge in [-0.3, -0.25) is 9.59 Å². The molecule has 0 aromatic heterocycles. The van der Waals surface area contributed by atoms with Crippen molar-refractivity contribution in [3.8, 4) is 0 Å². The Hall–Kier alpha value is -2.46. The molecule has 0 unspecified atom stereocenters. The molecule has 5 heteroatoms. The lowest BCUT2D eigenvalue weighted by Gasteiger charge is -2.07. The topological polar surface area (TPSA) is 60.4 Å². The van der Waals surface area contributed by atoms with E-state index in [0.717, 1.165) is 0 Å². The molecule has 0 heterocycles. The third kappa shape index (κ3) is 3.80. The highest BCUT2D eigenvalue weighted by molar-refractivity contribution is 6.30. The molecular formula is C17H13ClO4. The van der Waals surface area contributed by atoms with Crippen molar-refractivity contribution in [2.45, 2.75) is 6.92 Å². The van der Waals surface area contributed by atoms with Gasteiger partial charge in [0.2, 0.25) is 0 Å². The Bertz CT molecular complexity index is 720. The first-order chi connectivity index (χ1) is 10.5. The van der Waals surface area contributed by atoms with E-state index in [1.165, 1.54) is 13.0 Å². The molecule has 0 bridgehead atoms. The number of carbonyl (C=O) groups is 3. The number of hydrogen-bond donors (Lipinski definition) is 0. The Morgan fingerprint density at radius 1 is 0.955 bits per heavy atom. The maximum absolute atomic E-state index is 12.0. The van der Waals surface area contributed by atoms with Gasteiger partial charge in [0.05, 0.1) is 5.56 Å². The minimum Gasteiger partial charge on any atom is -0.454 e. The average molecular weight is 317 g/mol. The highest BCUT2D eigenvalue weighted by atomic mass is 35.5. The molecule has 2 rings (SSSR count). The summed E-state index contributed by atoms with van der Waals surface area (Å²) in [6.45, 7) is 0.970. The molecule has 2 aromatic carbocycles. The maximum atomic E-state index is 12.0. The highest BCUT2D eigenvalue weighted by Crippen LogP contribution is 2.13. The van der Waals surface area contributed by atoms with Gasteiger partial charge in [0.15, 0.2) is 18.2 Å². The smallest absolute Gasteiger partial charge is 0.339 e. The van der Waals surface area contributed by atoms with E-state index in [9.17, 15) is 14.4 Å². The van der Waals surface area contributed by atoms with E-state index in [1.54, 1.807) is 42.5 Å². The van der Waals surface area contributed by atoms with Crippen LogP contribution >= 0.6 is 11.6 Å². The minimum absolute atomic E-state index is 0.152. The number of hydrogen-bond acceptors (Lipinski definition) is 4. The van der Waals surface area contributed by atoms with Gasteiger partial charge in [-0.2, -0.15) is 0 Å². The molecule has 2 aromatic rings. The summed E-state index contributed by atoms with van der Waals surface area (Å²) in [6.07, 6.45) is 0. The summed E-state index contributed by atoms with van der Waals surface area (Å²) in [5.74, 6) is -1.28. The van der Waals surface area contributed by atoms with E-state index in [4.69, 9.17) is 16.3 Å². The standard InChI is InChI=1S/C17H13ClO4/c1-11(19)14-4-2-3-5-15(14)17(21)22-10-16(20)12-6-8-13(18)9-7-12/h2-9H,10H2,1H3. The molecule has 0 aliphatic heterocycles. The van der Waals surface area contributed by atoms with Crippen molar-refractivity contribution in [3.63, 3.8) is 0 Å². The fraction of sp³-hybridized carbons (Fsp3) is 0.118. The van der Waals surface area contributed by atoms with Crippen LogP contribution in [0.3, 0.4) is 0 Å². The molecule has 0 N–H and O–H groups in total. The van der Waals surface area contributed by atoms with Crippen molar-refractivity contribution in [1.29, 1.82) is 0 Å². The molecule has 4 nitrogen and oxygen atoms in total. The first-order valence-corrected chi connectivity index (χ1v) is 6.92. The summed E-state index contributed by atoms with van der Waals surface area (Å²) in [5, 5.41) is 0.518. The quantitative estimate of drug-likeness (QED) is 0.625. The summed E-state index contributed by atoms with van der Waals surface area (Å²) in [5.41, 5.74) is 0.822. The SMILES string of the molecule is CC(=O)c1ccccc1C(=O)OCC(=O)c1ccc(Cl)cc1. The van der Waals surface area contributed by atoms with Crippen LogP contribution in [0.4, 0.5) is 0 Å². The molecule has 0 aliphatic carbocycles. The monoisotopic (exact) mass is 316 g/mol. The van der Waals surface area contributed by atoms with Gasteiger partial charge in [-0.15, -0.1) is 0 Å². The molecular weight excluding hydrogens is 304 g/mol. The van der Waals surface area contributed by atoms with Gasteiger partial charge in [-0.05, 0) is 37.3 Å². The maximum Gasteiger partial charge on any atom is 0.339 e. The van der Waals surface area contributed by atoms with Crippen LogP contribution in [0.25, 0.3) is 0 Å². The summed E-state index contributed by atoms with van der Waals surface area (Å²) in [6, 6.07) is 12.6. The van der Waals surface area contributed by atoms with Gasteiger partial charge in [-0.1, -0.05) is 29.8 Å². The number of carbonyl (C=O) groups excluding carboxylic acids is 3. The number of ketones is 2. The zero-order valence-electron chi connectivity index (χ0n) is 11.8. The minimum atomic E-state index is -0.701. The van der Waals surface area contributed by atoms with E-state index in [1.807, 2.05) is 0 Å². The van der Waals surface area contributed by atoms with Crippen molar-refractivity contribution >= 4 is 29.1 Å². The van der Waals surface area contributed by atoms with Gasteiger partial charge >= 0.3 is 5.97 Å². The second kappa shape index (κ2) is 7.00. The summed E-state index contributed by atoms with van der Waals surface area (Å²) < 4.78 is 4.99. The molecule has 0 saturated heterocycles. The van der Waals surface area contributed by atoms with Crippen molar-refractivity contribution in [1.82, 2.24) is 0 Å². The lowest BCUT2D eigenvalue weighted by Crippen LogP contribution is -2.16. The predicted octanol–water partition coefficient (Wildman–Crippen LogP) is 3.58. The summed E-state index contributed by atoms with van der Waals surface area (Å²) in [4.78, 5) is 35.4. The van der Waals surface area contributed by atoms with E-state index in [-0.39, 0.29) is 22.7 Å². The fourth-order valence-corrected chi connectivity index (χ4v) is 2.02. The fourth-order valence-electron chi connectivity index (χ4n) is 1.90. The molecule has 0 saturated carbocycles. The largest absolute Gasteiger partial charge is 0.454 e. The molecule has 112 valence electrons. The third-order valence-corrected chi connectivity index (χ3v) is 3.28. The van der Waals surface area contributed by atoms with Crippen molar-refractivity contribution in [3.05, 3.63) is 70.2 Å². The number of ether oxygens (including phenoxy) is 1. The second-order valence-electron chi connectivity index (χ2n) is 4.61. The van der Waals surface area contributed by atoms with Gasteiger partial charge in [0.25, 0.3) is 0 Å². The number of halogens is 1. The van der Waals surface area contributed by atoms with Crippen LogP contribution in [0.1, 0.15) is 38.0 Å². The van der Waals surface area contributed by atoms with Crippen LogP contribution in [-0.4, -0.2) is 24.1 Å². The van der Waals surface area contributed by atoms with Gasteiger partial charge in [0.1, 0.15) is 0 Å². The molecule has 0 atom stereocenters. The van der Waals surface area contributed by atoms with Crippen LogP contribution in [0, 0.1) is 0 Å². The van der Waals surface area contributed by atoms with Crippen LogP contribution in [-0.2, 0) is 4.74 Å². The van der Waals surface area contributed by atoms with Crippen molar-refractivity contribution < 1.29 is 19.1 Å². The highest BCUT2D eigenvalue weighted by Gasteiger charge is 2.16. The molecule has 0 spiro atoms. The normalized spacial score (nSPS) is 10.1. The lowest BCUT2D eigenvalue weighted by molar-refractivity contribution is 0.0472. The Balaban J connectivity index is 2.06. The average Bonchev–Trinajstić information content (AvgIpc) is 2.53. The van der Waals surface area contributed by atoms with Crippen LogP contribution in [0.5, 0.6) is 0 Å². The van der Waals surface area contributed by atoms with Crippen LogP contribution in [0.2, 0.25) is 5.02 Å². The Labute approximate surface area is 132 Å². The Morgan fingerprint density at radius 3 is 2.14 bits per heavy atom. The molecule has 0 fully saturated rings. The molecule has 0 radical (unpaired) electrons. The molecule has 0 amide bonds. The molecule has 0 aliphatic rings. The number of rotatable bonds is 5. The Morgan fingerprint density at radius 2 is 1.55 bits per heavy atom. The number of benzene rings is 2. The lowest BCUT2D eigenvalue weighted by atomic mass is 10.0. The number of esters is 1. The zero-order valence-corrected chi connectivity index (χ0v) is 12.6. The first kappa shape index (κ1) is 15.9. The van der Waals surface area contributed by atoms with E-state index in [2.05, 4.69) is 0 Å². The van der Waals surface area contributed by atoms with Crippen molar-refractivity contribution in [2.75, 3.05) is 6.61 Å². The van der Waals surface area contributed by atoms with Crippen molar-refractivity contribution in [2.24, 2.45) is 0 Å². The zero-order chi connectivity index (χ0) is 16.1. The van der Waals surface area contributed by atoms with E-state index in [0.29, 0.717) is 10.6 Å².